The maximum absolute atomic E-state index is 12.5. The highest BCUT2D eigenvalue weighted by Gasteiger charge is 2.16. The largest absolute Gasteiger partial charge is 0.493 e. The lowest BCUT2D eigenvalue weighted by molar-refractivity contribution is 0.0947. The third kappa shape index (κ3) is 4.12. The van der Waals surface area contributed by atoms with Gasteiger partial charge in [0.1, 0.15) is 5.75 Å². The molecular weight excluding hydrogens is 352 g/mol. The number of hydrogen-bond acceptors (Lipinski definition) is 6. The standard InChI is InChI=1S/C19H18N2O4S/c1-23-16-5-3-4-15(17(16)24-2)18(22)21-12-13-6-8-14(9-7-13)25-19-20-10-11-26-19/h3-11H,12H2,1-2H3,(H,21,22). The minimum Gasteiger partial charge on any atom is -0.493 e. The van der Waals surface area contributed by atoms with Crippen LogP contribution < -0.4 is 19.5 Å². The average molecular weight is 370 g/mol. The molecule has 26 heavy (non-hydrogen) atoms. The molecule has 0 saturated heterocycles. The Bertz CT molecular complexity index is 864. The predicted molar refractivity (Wildman–Crippen MR) is 99.3 cm³/mol. The summed E-state index contributed by atoms with van der Waals surface area (Å²) in [6.07, 6.45) is 1.69. The monoisotopic (exact) mass is 370 g/mol. The Kier molecular flexibility index (Phi) is 5.70. The van der Waals surface area contributed by atoms with Gasteiger partial charge in [-0.2, -0.15) is 0 Å². The van der Waals surface area contributed by atoms with Crippen LogP contribution in [0.4, 0.5) is 0 Å². The lowest BCUT2D eigenvalue weighted by atomic mass is 10.1. The van der Waals surface area contributed by atoms with Crippen LogP contribution in [0.15, 0.2) is 54.0 Å². The molecule has 0 aliphatic heterocycles. The highest BCUT2D eigenvalue weighted by molar-refractivity contribution is 7.11. The summed E-state index contributed by atoms with van der Waals surface area (Å²) < 4.78 is 16.1. The van der Waals surface area contributed by atoms with Gasteiger partial charge in [-0.1, -0.05) is 29.5 Å². The Balaban J connectivity index is 1.63. The number of nitrogens with zero attached hydrogens (tertiary/aromatic N) is 1. The van der Waals surface area contributed by atoms with Crippen LogP contribution >= 0.6 is 11.3 Å². The summed E-state index contributed by atoms with van der Waals surface area (Å²) in [5.74, 6) is 1.40. The number of carbonyl (C=O) groups is 1. The van der Waals surface area contributed by atoms with Gasteiger partial charge in [0.25, 0.3) is 11.1 Å². The number of hydrogen-bond donors (Lipinski definition) is 1. The van der Waals surface area contributed by atoms with E-state index in [4.69, 9.17) is 14.2 Å². The number of methoxy groups -OCH3 is 2. The summed E-state index contributed by atoms with van der Waals surface area (Å²) in [6, 6.07) is 12.7. The Morgan fingerprint density at radius 1 is 1.12 bits per heavy atom. The number of benzene rings is 2. The van der Waals surface area contributed by atoms with Crippen molar-refractivity contribution in [2.24, 2.45) is 0 Å². The summed E-state index contributed by atoms with van der Waals surface area (Å²) in [4.78, 5) is 16.5. The van der Waals surface area contributed by atoms with Crippen LogP contribution in [0.3, 0.4) is 0 Å². The van der Waals surface area contributed by atoms with Crippen molar-refractivity contribution < 1.29 is 19.0 Å². The van der Waals surface area contributed by atoms with E-state index < -0.39 is 0 Å². The van der Waals surface area contributed by atoms with Crippen molar-refractivity contribution in [3.63, 3.8) is 0 Å². The molecule has 0 aliphatic rings. The Hall–Kier alpha value is -3.06. The number of ether oxygens (including phenoxy) is 3. The SMILES string of the molecule is COc1cccc(C(=O)NCc2ccc(Oc3nccs3)cc2)c1OC. The van der Waals surface area contributed by atoms with Gasteiger partial charge in [-0.05, 0) is 29.8 Å². The number of aromatic nitrogens is 1. The Morgan fingerprint density at radius 2 is 1.92 bits per heavy atom. The van der Waals surface area contributed by atoms with Crippen molar-refractivity contribution in [3.8, 4) is 22.4 Å². The van der Waals surface area contributed by atoms with E-state index in [1.807, 2.05) is 29.6 Å². The summed E-state index contributed by atoms with van der Waals surface area (Å²) in [7, 11) is 3.05. The van der Waals surface area contributed by atoms with E-state index >= 15 is 0 Å². The third-order valence-electron chi connectivity index (χ3n) is 3.64. The smallest absolute Gasteiger partial charge is 0.278 e. The first-order valence-electron chi connectivity index (χ1n) is 7.86. The van der Waals surface area contributed by atoms with Crippen LogP contribution in [-0.4, -0.2) is 25.1 Å². The highest BCUT2D eigenvalue weighted by Crippen LogP contribution is 2.30. The van der Waals surface area contributed by atoms with E-state index in [0.717, 1.165) is 5.56 Å². The molecule has 1 amide bonds. The maximum Gasteiger partial charge on any atom is 0.278 e. The van der Waals surface area contributed by atoms with Crippen LogP contribution in [-0.2, 0) is 6.54 Å². The van der Waals surface area contributed by atoms with Gasteiger partial charge in [-0.25, -0.2) is 4.98 Å². The van der Waals surface area contributed by atoms with Gasteiger partial charge in [-0.15, -0.1) is 0 Å². The van der Waals surface area contributed by atoms with E-state index in [9.17, 15) is 4.79 Å². The minimum atomic E-state index is -0.233. The molecule has 6 nitrogen and oxygen atoms in total. The van der Waals surface area contributed by atoms with Gasteiger partial charge < -0.3 is 19.5 Å². The molecule has 2 aromatic carbocycles. The number of rotatable bonds is 7. The number of carbonyl (C=O) groups excluding carboxylic acids is 1. The molecular formula is C19H18N2O4S. The molecule has 0 unspecified atom stereocenters. The molecule has 3 aromatic rings. The highest BCUT2D eigenvalue weighted by atomic mass is 32.1. The minimum absolute atomic E-state index is 0.233. The molecule has 0 fully saturated rings. The summed E-state index contributed by atoms with van der Waals surface area (Å²) in [5.41, 5.74) is 1.38. The maximum atomic E-state index is 12.5. The molecule has 1 aromatic heterocycles. The first-order chi connectivity index (χ1) is 12.7. The summed E-state index contributed by atoms with van der Waals surface area (Å²) >= 11 is 1.43. The topological polar surface area (TPSA) is 69.7 Å². The van der Waals surface area contributed by atoms with Crippen molar-refractivity contribution in [2.45, 2.75) is 6.54 Å². The normalized spacial score (nSPS) is 10.2. The van der Waals surface area contributed by atoms with Gasteiger partial charge in [0.15, 0.2) is 11.5 Å². The second-order valence-electron chi connectivity index (χ2n) is 5.27. The summed E-state index contributed by atoms with van der Waals surface area (Å²) in [5, 5.41) is 5.33. The molecule has 0 bridgehead atoms. The van der Waals surface area contributed by atoms with Crippen LogP contribution in [0.2, 0.25) is 0 Å². The number of para-hydroxylation sites is 1. The second-order valence-corrected chi connectivity index (χ2v) is 6.12. The van der Waals surface area contributed by atoms with Gasteiger partial charge in [0, 0.05) is 18.1 Å². The molecule has 134 valence electrons. The first-order valence-corrected chi connectivity index (χ1v) is 8.74. The Labute approximate surface area is 155 Å². The first kappa shape index (κ1) is 17.8. The summed E-state index contributed by atoms with van der Waals surface area (Å²) in [6.45, 7) is 0.386. The third-order valence-corrected chi connectivity index (χ3v) is 4.29. The van der Waals surface area contributed by atoms with Crippen LogP contribution in [0, 0.1) is 0 Å². The predicted octanol–water partition coefficient (Wildman–Crippen LogP) is 3.88. The Morgan fingerprint density at radius 3 is 2.58 bits per heavy atom. The molecule has 0 atom stereocenters. The molecule has 7 heteroatoms. The van der Waals surface area contributed by atoms with Crippen LogP contribution in [0.1, 0.15) is 15.9 Å². The van der Waals surface area contributed by atoms with Gasteiger partial charge in [0.2, 0.25) is 0 Å². The quantitative estimate of drug-likeness (QED) is 0.683. The lowest BCUT2D eigenvalue weighted by Crippen LogP contribution is -2.23. The fraction of sp³-hybridized carbons (Fsp3) is 0.158. The molecule has 1 N–H and O–H groups in total. The van der Waals surface area contributed by atoms with E-state index in [-0.39, 0.29) is 5.91 Å². The fourth-order valence-corrected chi connectivity index (χ4v) is 2.88. The zero-order valence-electron chi connectivity index (χ0n) is 14.4. The van der Waals surface area contributed by atoms with E-state index in [0.29, 0.717) is 34.6 Å². The average Bonchev–Trinajstić information content (AvgIpc) is 3.19. The number of nitrogens with one attached hydrogen (secondary N) is 1. The molecule has 3 rings (SSSR count). The fourth-order valence-electron chi connectivity index (χ4n) is 2.38. The van der Waals surface area contributed by atoms with E-state index in [2.05, 4.69) is 10.3 Å². The van der Waals surface area contributed by atoms with Crippen molar-refractivity contribution >= 4 is 17.2 Å². The van der Waals surface area contributed by atoms with E-state index in [1.54, 1.807) is 24.4 Å². The molecule has 0 radical (unpaired) electrons. The van der Waals surface area contributed by atoms with E-state index in [1.165, 1.54) is 25.6 Å². The second kappa shape index (κ2) is 8.35. The van der Waals surface area contributed by atoms with Crippen molar-refractivity contribution in [1.82, 2.24) is 10.3 Å². The lowest BCUT2D eigenvalue weighted by Gasteiger charge is -2.12. The van der Waals surface area contributed by atoms with Gasteiger partial charge in [0.05, 0.1) is 19.8 Å². The zero-order chi connectivity index (χ0) is 18.4. The van der Waals surface area contributed by atoms with Crippen molar-refractivity contribution in [2.75, 3.05) is 14.2 Å². The molecule has 0 aliphatic carbocycles. The molecule has 0 spiro atoms. The van der Waals surface area contributed by atoms with Gasteiger partial charge in [-0.3, -0.25) is 4.79 Å². The van der Waals surface area contributed by atoms with Crippen molar-refractivity contribution in [1.29, 1.82) is 0 Å². The van der Waals surface area contributed by atoms with Gasteiger partial charge >= 0.3 is 0 Å². The molecule has 1 heterocycles. The molecule has 0 saturated carbocycles. The number of thiazole rings is 1. The van der Waals surface area contributed by atoms with Crippen LogP contribution in [0.25, 0.3) is 0 Å². The number of amides is 1. The zero-order valence-corrected chi connectivity index (χ0v) is 15.2. The van der Waals surface area contributed by atoms with Crippen LogP contribution in [0.5, 0.6) is 22.4 Å². The van der Waals surface area contributed by atoms with Crippen molar-refractivity contribution in [3.05, 3.63) is 65.2 Å².